The largest absolute Gasteiger partial charge is 0.344 e. The molecule has 0 saturated heterocycles. The van der Waals surface area contributed by atoms with Crippen LogP contribution in [0.4, 0.5) is 0 Å². The molecule has 0 aromatic heterocycles. The highest BCUT2D eigenvalue weighted by molar-refractivity contribution is 5.84. The van der Waals surface area contributed by atoms with E-state index < -0.39 is 6.04 Å². The summed E-state index contributed by atoms with van der Waals surface area (Å²) >= 11 is 0. The summed E-state index contributed by atoms with van der Waals surface area (Å²) in [6.45, 7) is 1.89. The molecule has 78 valence electrons. The predicted molar refractivity (Wildman–Crippen MR) is 54.6 cm³/mol. The zero-order chi connectivity index (χ0) is 11.0. The zero-order valence-corrected chi connectivity index (χ0v) is 8.54. The smallest absolute Gasteiger partial charge is 0.237 e. The normalized spacial score (nSPS) is 13.8. The van der Waals surface area contributed by atoms with Crippen LogP contribution in [0.1, 0.15) is 19.8 Å². The third-order valence-corrected chi connectivity index (χ3v) is 1.90. The number of nitrogens with one attached hydrogen (secondary N) is 2. The Labute approximate surface area is 84.4 Å². The lowest BCUT2D eigenvalue weighted by atomic mass is 10.2. The Balaban J connectivity index is 4.14. The summed E-state index contributed by atoms with van der Waals surface area (Å²) in [6.07, 6.45) is 6.60. The van der Waals surface area contributed by atoms with Crippen LogP contribution in [0.2, 0.25) is 0 Å². The lowest BCUT2D eigenvalue weighted by Gasteiger charge is -2.16. The third-order valence-electron chi connectivity index (χ3n) is 1.90. The van der Waals surface area contributed by atoms with Gasteiger partial charge in [-0.1, -0.05) is 6.92 Å². The zero-order valence-electron chi connectivity index (χ0n) is 8.54. The van der Waals surface area contributed by atoms with Crippen LogP contribution >= 0.6 is 0 Å². The molecule has 0 aromatic carbocycles. The minimum absolute atomic E-state index is 0.192. The molecule has 1 amide bonds. The van der Waals surface area contributed by atoms with Crippen molar-refractivity contribution < 1.29 is 9.59 Å². The van der Waals surface area contributed by atoms with E-state index in [9.17, 15) is 9.59 Å². The summed E-state index contributed by atoms with van der Waals surface area (Å²) < 4.78 is 0. The van der Waals surface area contributed by atoms with Crippen LogP contribution in [0.15, 0.2) is 0 Å². The molecule has 14 heavy (non-hydrogen) atoms. The molecule has 0 spiro atoms. The number of aldehydes is 1. The van der Waals surface area contributed by atoms with E-state index in [4.69, 9.17) is 6.42 Å². The summed E-state index contributed by atoms with van der Waals surface area (Å²) in [5, 5.41) is 5.40. The first-order valence-corrected chi connectivity index (χ1v) is 4.56. The third kappa shape index (κ3) is 4.06. The Kier molecular flexibility index (Phi) is 6.42. The molecule has 0 radical (unpaired) electrons. The molecule has 0 aliphatic carbocycles. The van der Waals surface area contributed by atoms with Gasteiger partial charge in [0.2, 0.25) is 5.91 Å². The van der Waals surface area contributed by atoms with E-state index in [0.29, 0.717) is 12.7 Å². The molecule has 0 rings (SSSR count). The van der Waals surface area contributed by atoms with Gasteiger partial charge in [-0.2, -0.15) is 0 Å². The molecule has 0 aliphatic heterocycles. The van der Waals surface area contributed by atoms with E-state index in [1.807, 2.05) is 6.92 Å². The van der Waals surface area contributed by atoms with E-state index in [1.54, 1.807) is 7.05 Å². The number of hydrogen-bond donors (Lipinski definition) is 2. The van der Waals surface area contributed by atoms with E-state index in [-0.39, 0.29) is 18.4 Å². The van der Waals surface area contributed by atoms with Crippen molar-refractivity contribution in [1.82, 2.24) is 10.6 Å². The van der Waals surface area contributed by atoms with E-state index in [1.165, 1.54) is 0 Å². The molecular formula is C10H16N2O2. The van der Waals surface area contributed by atoms with Crippen molar-refractivity contribution in [2.45, 2.75) is 31.8 Å². The minimum Gasteiger partial charge on any atom is -0.344 e. The second-order valence-electron chi connectivity index (χ2n) is 2.91. The van der Waals surface area contributed by atoms with Gasteiger partial charge in [0.1, 0.15) is 6.29 Å². The Bertz CT molecular complexity index is 229. The summed E-state index contributed by atoms with van der Waals surface area (Å²) in [5.74, 6) is 2.14. The summed E-state index contributed by atoms with van der Waals surface area (Å²) in [5.41, 5.74) is 0. The lowest BCUT2D eigenvalue weighted by molar-refractivity contribution is -0.125. The molecule has 0 heterocycles. The molecule has 0 fully saturated rings. The van der Waals surface area contributed by atoms with Crippen molar-refractivity contribution in [2.24, 2.45) is 0 Å². The number of likely N-dealkylation sites (N-methyl/N-ethyl adjacent to an activating group) is 1. The highest BCUT2D eigenvalue weighted by Crippen LogP contribution is 1.92. The average Bonchev–Trinajstić information content (AvgIpc) is 2.19. The van der Waals surface area contributed by atoms with Gasteiger partial charge in [-0.05, 0) is 13.5 Å². The van der Waals surface area contributed by atoms with Crippen LogP contribution in [0.3, 0.4) is 0 Å². The molecule has 0 bridgehead atoms. The lowest BCUT2D eigenvalue weighted by Crippen LogP contribution is -2.46. The molecular weight excluding hydrogens is 180 g/mol. The van der Waals surface area contributed by atoms with Gasteiger partial charge in [-0.25, -0.2) is 0 Å². The van der Waals surface area contributed by atoms with Crippen LogP contribution in [0, 0.1) is 12.3 Å². The van der Waals surface area contributed by atoms with Gasteiger partial charge in [0.15, 0.2) is 0 Å². The van der Waals surface area contributed by atoms with Crippen LogP contribution in [0.5, 0.6) is 0 Å². The maximum absolute atomic E-state index is 11.4. The van der Waals surface area contributed by atoms with E-state index >= 15 is 0 Å². The van der Waals surface area contributed by atoms with E-state index in [0.717, 1.165) is 0 Å². The summed E-state index contributed by atoms with van der Waals surface area (Å²) in [6, 6.07) is -0.842. The number of carbonyl (C=O) groups is 2. The fourth-order valence-corrected chi connectivity index (χ4v) is 1.06. The molecule has 0 aromatic rings. The first-order valence-electron chi connectivity index (χ1n) is 4.56. The molecule has 2 atom stereocenters. The molecule has 4 nitrogen and oxygen atoms in total. The molecule has 2 N–H and O–H groups in total. The van der Waals surface area contributed by atoms with Gasteiger partial charge in [0.25, 0.3) is 0 Å². The summed E-state index contributed by atoms with van der Waals surface area (Å²) in [7, 11) is 1.70. The molecule has 0 saturated carbocycles. The minimum atomic E-state index is -0.574. The fourth-order valence-electron chi connectivity index (χ4n) is 1.06. The fraction of sp³-hybridized carbons (Fsp3) is 0.600. The van der Waals surface area contributed by atoms with E-state index in [2.05, 4.69) is 16.6 Å². The van der Waals surface area contributed by atoms with Crippen LogP contribution in [-0.4, -0.2) is 31.3 Å². The van der Waals surface area contributed by atoms with Crippen molar-refractivity contribution in [2.75, 3.05) is 7.05 Å². The number of amides is 1. The topological polar surface area (TPSA) is 58.2 Å². The van der Waals surface area contributed by atoms with Gasteiger partial charge >= 0.3 is 0 Å². The highest BCUT2D eigenvalue weighted by Gasteiger charge is 2.17. The molecule has 0 aliphatic rings. The Morgan fingerprint density at radius 3 is 2.64 bits per heavy atom. The first kappa shape index (κ1) is 12.7. The Morgan fingerprint density at radius 2 is 2.29 bits per heavy atom. The Hall–Kier alpha value is -1.34. The van der Waals surface area contributed by atoms with Crippen LogP contribution in [0.25, 0.3) is 0 Å². The van der Waals surface area contributed by atoms with Gasteiger partial charge < -0.3 is 15.4 Å². The second kappa shape index (κ2) is 7.10. The first-order chi connectivity index (χ1) is 6.69. The predicted octanol–water partition coefficient (Wildman–Crippen LogP) is -0.309. The second-order valence-corrected chi connectivity index (χ2v) is 2.91. The van der Waals surface area contributed by atoms with Gasteiger partial charge in [0.05, 0.1) is 12.1 Å². The Morgan fingerprint density at radius 1 is 1.64 bits per heavy atom. The van der Waals surface area contributed by atoms with Crippen molar-refractivity contribution in [3.05, 3.63) is 0 Å². The monoisotopic (exact) mass is 196 g/mol. The average molecular weight is 196 g/mol. The van der Waals surface area contributed by atoms with Crippen molar-refractivity contribution in [3.63, 3.8) is 0 Å². The van der Waals surface area contributed by atoms with Crippen molar-refractivity contribution in [3.8, 4) is 12.3 Å². The van der Waals surface area contributed by atoms with Gasteiger partial charge in [-0.15, -0.1) is 12.3 Å². The summed E-state index contributed by atoms with van der Waals surface area (Å²) in [4.78, 5) is 21.9. The van der Waals surface area contributed by atoms with Crippen LogP contribution in [-0.2, 0) is 9.59 Å². The molecule has 4 heteroatoms. The number of hydrogen-bond acceptors (Lipinski definition) is 3. The van der Waals surface area contributed by atoms with Gasteiger partial charge in [-0.3, -0.25) is 4.79 Å². The molecule has 2 unspecified atom stereocenters. The van der Waals surface area contributed by atoms with Crippen LogP contribution < -0.4 is 10.6 Å². The SMILES string of the molecule is C#CCC(C=O)NC(=O)C(CC)NC. The van der Waals surface area contributed by atoms with Gasteiger partial charge in [0, 0.05) is 6.42 Å². The maximum Gasteiger partial charge on any atom is 0.237 e. The quantitative estimate of drug-likeness (QED) is 0.452. The number of rotatable bonds is 6. The standard InChI is InChI=1S/C10H16N2O2/c1-4-6-8(7-13)12-10(14)9(5-2)11-3/h1,7-9,11H,5-6H2,2-3H3,(H,12,14). The number of carbonyl (C=O) groups excluding carboxylic acids is 2. The maximum atomic E-state index is 11.4. The number of terminal acetylenes is 1. The van der Waals surface area contributed by atoms with Crippen molar-refractivity contribution >= 4 is 12.2 Å². The van der Waals surface area contributed by atoms with Crippen molar-refractivity contribution in [1.29, 1.82) is 0 Å². The highest BCUT2D eigenvalue weighted by atomic mass is 16.2.